The van der Waals surface area contributed by atoms with Gasteiger partial charge in [-0.15, -0.1) is 0 Å². The van der Waals surface area contributed by atoms with Crippen molar-refractivity contribution < 1.29 is 19.1 Å². The predicted molar refractivity (Wildman–Crippen MR) is 155 cm³/mol. The molecule has 6 rings (SSSR count). The van der Waals surface area contributed by atoms with Gasteiger partial charge in [-0.25, -0.2) is 0 Å². The van der Waals surface area contributed by atoms with Crippen LogP contribution in [-0.4, -0.2) is 25.8 Å². The third-order valence-electron chi connectivity index (χ3n) is 7.42. The molecular weight excluding hydrogens is 472 g/mol. The Morgan fingerprint density at radius 1 is 0.474 bits per heavy atom. The minimum absolute atomic E-state index is 0.000714. The smallest absolute Gasteiger partial charge is 0.159 e. The summed E-state index contributed by atoms with van der Waals surface area (Å²) >= 11 is 0. The first kappa shape index (κ1) is 23.7. The maximum absolute atomic E-state index is 12.3. The summed E-state index contributed by atoms with van der Waals surface area (Å²) in [5.41, 5.74) is 3.36. The molecule has 6 aromatic rings. The average Bonchev–Trinajstić information content (AvgIpc) is 2.94. The molecule has 0 fully saturated rings. The van der Waals surface area contributed by atoms with Gasteiger partial charge in [-0.1, -0.05) is 72.8 Å². The molecule has 4 nitrogen and oxygen atoms in total. The summed E-state index contributed by atoms with van der Waals surface area (Å²) < 4.78 is 11.9. The van der Waals surface area contributed by atoms with Crippen LogP contribution in [0.3, 0.4) is 0 Å². The van der Waals surface area contributed by atoms with Gasteiger partial charge in [0.25, 0.3) is 0 Å². The normalized spacial score (nSPS) is 11.4. The van der Waals surface area contributed by atoms with Crippen LogP contribution in [0.4, 0.5) is 0 Å². The van der Waals surface area contributed by atoms with Crippen molar-refractivity contribution in [3.63, 3.8) is 0 Å². The Morgan fingerprint density at radius 2 is 0.816 bits per heavy atom. The van der Waals surface area contributed by atoms with Gasteiger partial charge < -0.3 is 9.47 Å². The molecule has 38 heavy (non-hydrogen) atoms. The van der Waals surface area contributed by atoms with Gasteiger partial charge in [0.05, 0.1) is 14.2 Å². The van der Waals surface area contributed by atoms with Gasteiger partial charge in [0.15, 0.2) is 11.6 Å². The Morgan fingerprint density at radius 3 is 1.16 bits per heavy atom. The van der Waals surface area contributed by atoms with Crippen LogP contribution < -0.4 is 9.47 Å². The lowest BCUT2D eigenvalue weighted by Crippen LogP contribution is -1.98. The molecule has 0 N–H and O–H groups in total. The fourth-order valence-corrected chi connectivity index (χ4v) is 5.70. The Kier molecular flexibility index (Phi) is 5.61. The lowest BCUT2D eigenvalue weighted by Gasteiger charge is -2.21. The van der Waals surface area contributed by atoms with Crippen LogP contribution in [0.1, 0.15) is 34.6 Å². The molecule has 0 spiro atoms. The van der Waals surface area contributed by atoms with E-state index in [4.69, 9.17) is 9.47 Å². The second-order valence-corrected chi connectivity index (χ2v) is 9.54. The average molecular weight is 499 g/mol. The third-order valence-corrected chi connectivity index (χ3v) is 7.42. The first-order chi connectivity index (χ1) is 18.4. The third kappa shape index (κ3) is 3.45. The number of hydrogen-bond donors (Lipinski definition) is 0. The quantitative estimate of drug-likeness (QED) is 0.177. The minimum atomic E-state index is 0.000714. The maximum atomic E-state index is 12.3. The van der Waals surface area contributed by atoms with E-state index in [2.05, 4.69) is 24.3 Å². The summed E-state index contributed by atoms with van der Waals surface area (Å²) in [5, 5.41) is 7.73. The van der Waals surface area contributed by atoms with Crippen molar-refractivity contribution in [3.8, 4) is 22.6 Å². The van der Waals surface area contributed by atoms with Crippen LogP contribution in [0.25, 0.3) is 54.2 Å². The summed E-state index contributed by atoms with van der Waals surface area (Å²) in [5.74, 6) is 1.48. The number of hydrogen-bond acceptors (Lipinski definition) is 4. The van der Waals surface area contributed by atoms with Gasteiger partial charge in [-0.05, 0) is 58.7 Å². The van der Waals surface area contributed by atoms with E-state index >= 15 is 0 Å². The molecule has 0 aliphatic heterocycles. The molecule has 0 aliphatic carbocycles. The molecule has 0 heterocycles. The largest absolute Gasteiger partial charge is 0.495 e. The zero-order valence-corrected chi connectivity index (χ0v) is 21.7. The van der Waals surface area contributed by atoms with Crippen molar-refractivity contribution in [1.82, 2.24) is 0 Å². The second kappa shape index (κ2) is 9.00. The van der Waals surface area contributed by atoms with Crippen LogP contribution in [0.5, 0.6) is 11.5 Å². The molecule has 6 aromatic carbocycles. The van der Waals surface area contributed by atoms with E-state index in [1.165, 1.54) is 0 Å². The molecule has 0 bridgehead atoms. The molecule has 186 valence electrons. The number of Topliss-reactive ketones (excluding diaryl/α,β-unsaturated/α-hetero) is 2. The van der Waals surface area contributed by atoms with E-state index in [1.807, 2.05) is 60.7 Å². The highest BCUT2D eigenvalue weighted by Crippen LogP contribution is 2.50. The van der Waals surface area contributed by atoms with E-state index in [9.17, 15) is 9.59 Å². The lowest BCUT2D eigenvalue weighted by molar-refractivity contribution is 0.100. The molecule has 0 saturated carbocycles. The molecule has 0 aliphatic rings. The number of methoxy groups -OCH3 is 2. The van der Waals surface area contributed by atoms with Gasteiger partial charge in [0.2, 0.25) is 0 Å². The first-order valence-corrected chi connectivity index (χ1v) is 12.5. The second-order valence-electron chi connectivity index (χ2n) is 9.54. The lowest BCUT2D eigenvalue weighted by atomic mass is 9.84. The molecular formula is C34H26O4. The standard InChI is InChI=1S/C34H26O4/c1-19(35)21-13-15-25-29(17-21)33(37-3)27-11-7-5-9-23(27)31(25)32-24-10-6-8-12-28(24)34(38-4)30-18-22(20(2)36)14-16-26(30)32/h5-18H,1-4H3. The highest BCUT2D eigenvalue weighted by atomic mass is 16.5. The summed E-state index contributed by atoms with van der Waals surface area (Å²) in [6.45, 7) is 3.15. The SMILES string of the molecule is COc1c2ccccc2c(-c2c3ccccc3c(OC)c3cc(C(C)=O)ccc23)c2ccc(C(C)=O)cc12. The van der Waals surface area contributed by atoms with Crippen LogP contribution in [0, 0.1) is 0 Å². The van der Waals surface area contributed by atoms with Crippen LogP contribution >= 0.6 is 0 Å². The number of ether oxygens (including phenoxy) is 2. The Hall–Kier alpha value is -4.70. The summed E-state index contributed by atoms with van der Waals surface area (Å²) in [4.78, 5) is 24.7. The van der Waals surface area contributed by atoms with Crippen molar-refractivity contribution in [2.24, 2.45) is 0 Å². The van der Waals surface area contributed by atoms with Gasteiger partial charge in [-0.3, -0.25) is 9.59 Å². The van der Waals surface area contributed by atoms with Crippen molar-refractivity contribution in [3.05, 3.63) is 96.1 Å². The minimum Gasteiger partial charge on any atom is -0.495 e. The highest BCUT2D eigenvalue weighted by molar-refractivity contribution is 6.27. The number of carbonyl (C=O) groups is 2. The fraction of sp³-hybridized carbons (Fsp3) is 0.118. The maximum Gasteiger partial charge on any atom is 0.159 e. The Labute approximate surface area is 220 Å². The van der Waals surface area contributed by atoms with Gasteiger partial charge >= 0.3 is 0 Å². The zero-order chi connectivity index (χ0) is 26.6. The van der Waals surface area contributed by atoms with Crippen molar-refractivity contribution >= 4 is 54.7 Å². The van der Waals surface area contributed by atoms with E-state index in [1.54, 1.807) is 28.1 Å². The van der Waals surface area contributed by atoms with Gasteiger partial charge in [0.1, 0.15) is 11.5 Å². The van der Waals surface area contributed by atoms with Gasteiger partial charge in [-0.2, -0.15) is 0 Å². The number of benzene rings is 6. The van der Waals surface area contributed by atoms with Crippen molar-refractivity contribution in [2.75, 3.05) is 14.2 Å². The number of rotatable bonds is 5. The molecule has 0 unspecified atom stereocenters. The highest BCUT2D eigenvalue weighted by Gasteiger charge is 2.22. The molecule has 0 radical (unpaired) electrons. The van der Waals surface area contributed by atoms with Crippen molar-refractivity contribution in [1.29, 1.82) is 0 Å². The van der Waals surface area contributed by atoms with E-state index in [-0.39, 0.29) is 11.6 Å². The molecule has 0 aromatic heterocycles. The number of fused-ring (bicyclic) bond motifs is 4. The summed E-state index contributed by atoms with van der Waals surface area (Å²) in [6, 6.07) is 28.0. The summed E-state index contributed by atoms with van der Waals surface area (Å²) in [7, 11) is 3.34. The fourth-order valence-electron chi connectivity index (χ4n) is 5.70. The molecule has 0 saturated heterocycles. The summed E-state index contributed by atoms with van der Waals surface area (Å²) in [6.07, 6.45) is 0. The van der Waals surface area contributed by atoms with Crippen LogP contribution in [0.2, 0.25) is 0 Å². The van der Waals surface area contributed by atoms with E-state index in [0.29, 0.717) is 11.1 Å². The van der Waals surface area contributed by atoms with E-state index < -0.39 is 0 Å². The van der Waals surface area contributed by atoms with Gasteiger partial charge in [0, 0.05) is 32.7 Å². The molecule has 0 amide bonds. The van der Waals surface area contributed by atoms with E-state index in [0.717, 1.165) is 65.7 Å². The topological polar surface area (TPSA) is 52.6 Å². The molecule has 4 heteroatoms. The number of carbonyl (C=O) groups excluding carboxylic acids is 2. The Bertz CT molecular complexity index is 1810. The van der Waals surface area contributed by atoms with Crippen molar-refractivity contribution in [2.45, 2.75) is 13.8 Å². The first-order valence-electron chi connectivity index (χ1n) is 12.5. The zero-order valence-electron chi connectivity index (χ0n) is 21.7. The monoisotopic (exact) mass is 498 g/mol. The Balaban J connectivity index is 1.91. The van der Waals surface area contributed by atoms with Crippen LogP contribution in [-0.2, 0) is 0 Å². The molecule has 0 atom stereocenters. The van der Waals surface area contributed by atoms with Crippen LogP contribution in [0.15, 0.2) is 84.9 Å². The number of ketones is 2. The predicted octanol–water partition coefficient (Wildman–Crippen LogP) is 8.39.